The fraction of sp³-hybridized carbons (Fsp3) is 0.0455. The summed E-state index contributed by atoms with van der Waals surface area (Å²) in [6.45, 7) is 0.0400. The van der Waals surface area contributed by atoms with Gasteiger partial charge in [0.1, 0.15) is 11.5 Å². The first kappa shape index (κ1) is 16.3. The first-order chi connectivity index (χ1) is 13.6. The third kappa shape index (κ3) is 2.46. The maximum absolute atomic E-state index is 12.5. The van der Waals surface area contributed by atoms with Crippen molar-refractivity contribution in [2.75, 3.05) is 5.32 Å². The first-order valence-electron chi connectivity index (χ1n) is 8.78. The molecule has 3 heterocycles. The highest BCUT2D eigenvalue weighted by Crippen LogP contribution is 2.33. The second-order valence-corrected chi connectivity index (χ2v) is 6.60. The van der Waals surface area contributed by atoms with Crippen molar-refractivity contribution in [1.29, 1.82) is 0 Å². The molecule has 28 heavy (non-hydrogen) atoms. The lowest BCUT2D eigenvalue weighted by atomic mass is 10.1. The molecule has 5 rings (SSSR count). The number of rotatable bonds is 3. The highest BCUT2D eigenvalue weighted by molar-refractivity contribution is 6.34. The zero-order valence-electron chi connectivity index (χ0n) is 14.6. The van der Waals surface area contributed by atoms with Gasteiger partial charge in [0.25, 0.3) is 17.7 Å². The van der Waals surface area contributed by atoms with E-state index in [0.29, 0.717) is 28.2 Å². The predicted octanol–water partition coefficient (Wildman–Crippen LogP) is 3.57. The maximum Gasteiger partial charge on any atom is 0.261 e. The molecule has 3 aromatic rings. The number of carbonyl (C=O) groups is 3. The van der Waals surface area contributed by atoms with Crippen molar-refractivity contribution in [2.24, 2.45) is 0 Å². The summed E-state index contributed by atoms with van der Waals surface area (Å²) in [5, 5.41) is 2.81. The molecule has 0 radical (unpaired) electrons. The minimum absolute atomic E-state index is 0.0400. The van der Waals surface area contributed by atoms with Crippen LogP contribution in [0.15, 0.2) is 65.1 Å². The number of hydrogen-bond donors (Lipinski definition) is 1. The van der Waals surface area contributed by atoms with E-state index in [9.17, 15) is 14.4 Å². The van der Waals surface area contributed by atoms with Crippen LogP contribution in [0.1, 0.15) is 37.8 Å². The lowest BCUT2D eigenvalue weighted by Gasteiger charge is -2.11. The summed E-state index contributed by atoms with van der Waals surface area (Å²) >= 11 is 0. The quantitative estimate of drug-likeness (QED) is 0.565. The van der Waals surface area contributed by atoms with E-state index in [1.807, 2.05) is 24.3 Å². The lowest BCUT2D eigenvalue weighted by molar-refractivity contribution is -0.110. The molecule has 0 spiro atoms. The van der Waals surface area contributed by atoms with Crippen LogP contribution in [-0.2, 0) is 11.3 Å². The summed E-state index contributed by atoms with van der Waals surface area (Å²) < 4.78 is 5.76. The second-order valence-electron chi connectivity index (χ2n) is 6.60. The van der Waals surface area contributed by atoms with E-state index in [0.717, 1.165) is 16.2 Å². The van der Waals surface area contributed by atoms with E-state index in [1.54, 1.807) is 42.5 Å². The molecule has 6 heteroatoms. The molecular formula is C22H14N2O4. The van der Waals surface area contributed by atoms with Crippen molar-refractivity contribution in [3.05, 3.63) is 88.9 Å². The van der Waals surface area contributed by atoms with Crippen LogP contribution >= 0.6 is 0 Å². The zero-order chi connectivity index (χ0) is 19.3. The molecule has 1 aromatic heterocycles. The van der Waals surface area contributed by atoms with Crippen LogP contribution in [0.2, 0.25) is 0 Å². The summed E-state index contributed by atoms with van der Waals surface area (Å²) in [5.41, 5.74) is 2.89. The molecule has 1 N–H and O–H groups in total. The summed E-state index contributed by atoms with van der Waals surface area (Å²) in [6.07, 6.45) is 1.66. The molecule has 6 nitrogen and oxygen atoms in total. The number of nitrogens with zero attached hydrogens (tertiary/aromatic N) is 1. The van der Waals surface area contributed by atoms with E-state index < -0.39 is 0 Å². The van der Waals surface area contributed by atoms with Crippen LogP contribution < -0.4 is 5.32 Å². The number of benzene rings is 2. The van der Waals surface area contributed by atoms with Crippen LogP contribution in [0.3, 0.4) is 0 Å². The number of anilines is 1. The molecule has 0 unspecified atom stereocenters. The van der Waals surface area contributed by atoms with Gasteiger partial charge in [-0.1, -0.05) is 30.3 Å². The van der Waals surface area contributed by atoms with E-state index in [4.69, 9.17) is 4.42 Å². The fourth-order valence-corrected chi connectivity index (χ4v) is 3.52. The molecule has 136 valence electrons. The molecule has 0 bridgehead atoms. The predicted molar refractivity (Wildman–Crippen MR) is 102 cm³/mol. The molecule has 2 aliphatic heterocycles. The maximum atomic E-state index is 12.5. The zero-order valence-corrected chi connectivity index (χ0v) is 14.6. The Bertz CT molecular complexity index is 1150. The Balaban J connectivity index is 1.40. The molecular weight excluding hydrogens is 356 g/mol. The summed E-state index contributed by atoms with van der Waals surface area (Å²) in [7, 11) is 0. The minimum atomic E-state index is -0.332. The summed E-state index contributed by atoms with van der Waals surface area (Å²) in [6, 6.07) is 17.6. The van der Waals surface area contributed by atoms with Gasteiger partial charge in [-0.25, -0.2) is 0 Å². The number of furan rings is 1. The Kier molecular flexibility index (Phi) is 3.52. The smallest absolute Gasteiger partial charge is 0.261 e. The van der Waals surface area contributed by atoms with Crippen molar-refractivity contribution in [3.63, 3.8) is 0 Å². The SMILES string of the molecule is O=C1Nc2ccccc2/C1=C/c1ccc(CN2C(=O)c3ccccc3C2=O)o1. The van der Waals surface area contributed by atoms with Gasteiger partial charge in [-0.3, -0.25) is 19.3 Å². The topological polar surface area (TPSA) is 79.6 Å². The Morgan fingerprint density at radius 1 is 0.821 bits per heavy atom. The van der Waals surface area contributed by atoms with Crippen LogP contribution in [0, 0.1) is 0 Å². The molecule has 0 saturated heterocycles. The van der Waals surface area contributed by atoms with Crippen molar-refractivity contribution in [2.45, 2.75) is 6.54 Å². The van der Waals surface area contributed by atoms with Gasteiger partial charge in [-0.15, -0.1) is 0 Å². The van der Waals surface area contributed by atoms with Crippen LogP contribution in [0.5, 0.6) is 0 Å². The van der Waals surface area contributed by atoms with E-state index in [2.05, 4.69) is 5.32 Å². The van der Waals surface area contributed by atoms with Gasteiger partial charge in [-0.2, -0.15) is 0 Å². The van der Waals surface area contributed by atoms with E-state index in [-0.39, 0.29) is 24.3 Å². The number of hydrogen-bond acceptors (Lipinski definition) is 4. The average molecular weight is 370 g/mol. The molecule has 2 aliphatic rings. The van der Waals surface area contributed by atoms with Gasteiger partial charge in [0.15, 0.2) is 0 Å². The molecule has 0 atom stereocenters. The number of para-hydroxylation sites is 1. The molecule has 3 amide bonds. The minimum Gasteiger partial charge on any atom is -0.460 e. The van der Waals surface area contributed by atoms with E-state index >= 15 is 0 Å². The van der Waals surface area contributed by atoms with Crippen molar-refractivity contribution in [1.82, 2.24) is 4.90 Å². The largest absolute Gasteiger partial charge is 0.460 e. The van der Waals surface area contributed by atoms with Crippen LogP contribution in [-0.4, -0.2) is 22.6 Å². The van der Waals surface area contributed by atoms with Gasteiger partial charge in [0.05, 0.1) is 23.2 Å². The van der Waals surface area contributed by atoms with Gasteiger partial charge in [0.2, 0.25) is 0 Å². The van der Waals surface area contributed by atoms with Gasteiger partial charge < -0.3 is 9.73 Å². The summed E-state index contributed by atoms with van der Waals surface area (Å²) in [5.74, 6) is 0.0861. The van der Waals surface area contributed by atoms with Crippen molar-refractivity contribution >= 4 is 35.1 Å². The Morgan fingerprint density at radius 2 is 1.46 bits per heavy atom. The third-order valence-corrected chi connectivity index (χ3v) is 4.87. The average Bonchev–Trinajstić information content (AvgIpc) is 3.35. The lowest BCUT2D eigenvalue weighted by Crippen LogP contribution is -2.28. The van der Waals surface area contributed by atoms with E-state index in [1.165, 1.54) is 0 Å². The molecule has 0 fully saturated rings. The van der Waals surface area contributed by atoms with Crippen molar-refractivity contribution in [3.8, 4) is 0 Å². The number of carbonyl (C=O) groups excluding carboxylic acids is 3. The number of imide groups is 1. The second kappa shape index (κ2) is 6.06. The molecule has 0 aliphatic carbocycles. The fourth-order valence-electron chi connectivity index (χ4n) is 3.52. The number of fused-ring (bicyclic) bond motifs is 2. The number of nitrogens with one attached hydrogen (secondary N) is 1. The Morgan fingerprint density at radius 3 is 2.18 bits per heavy atom. The molecule has 0 saturated carbocycles. The number of amides is 3. The van der Waals surface area contributed by atoms with Crippen LogP contribution in [0.25, 0.3) is 11.6 Å². The van der Waals surface area contributed by atoms with Crippen LogP contribution in [0.4, 0.5) is 5.69 Å². The monoisotopic (exact) mass is 370 g/mol. The molecule has 2 aromatic carbocycles. The van der Waals surface area contributed by atoms with Gasteiger partial charge in [0, 0.05) is 11.3 Å². The Hall–Kier alpha value is -3.93. The van der Waals surface area contributed by atoms with Gasteiger partial charge in [-0.05, 0) is 36.4 Å². The standard InChI is InChI=1S/C22H14N2O4/c25-20-18(15-5-3-4-8-19(15)23-20)11-13-9-10-14(28-13)12-24-21(26)16-6-1-2-7-17(16)22(24)27/h1-11H,12H2,(H,23,25)/b18-11-. The first-order valence-corrected chi connectivity index (χ1v) is 8.78. The normalized spacial score (nSPS) is 16.5. The highest BCUT2D eigenvalue weighted by Gasteiger charge is 2.35. The van der Waals surface area contributed by atoms with Gasteiger partial charge >= 0.3 is 0 Å². The highest BCUT2D eigenvalue weighted by atomic mass is 16.3. The summed E-state index contributed by atoms with van der Waals surface area (Å²) in [4.78, 5) is 38.3. The third-order valence-electron chi connectivity index (χ3n) is 4.87. The van der Waals surface area contributed by atoms with Crippen molar-refractivity contribution < 1.29 is 18.8 Å². The Labute approximate surface area is 160 Å².